The Morgan fingerprint density at radius 1 is 0.237 bits per heavy atom. The third-order valence-electron chi connectivity index (χ3n) is 11.8. The Morgan fingerprint density at radius 3 is 1.25 bits per heavy atom. The van der Waals surface area contributed by atoms with Gasteiger partial charge in [-0.1, -0.05) is 212 Å². The van der Waals surface area contributed by atoms with Crippen molar-refractivity contribution in [3.8, 4) is 44.5 Å². The van der Waals surface area contributed by atoms with Gasteiger partial charge in [0.25, 0.3) is 0 Å². The predicted molar refractivity (Wildman–Crippen MR) is 253 cm³/mol. The van der Waals surface area contributed by atoms with E-state index in [2.05, 4.69) is 241 Å². The second-order valence-corrected chi connectivity index (χ2v) is 15.2. The highest BCUT2D eigenvalue weighted by atomic mass is 15.1. The van der Waals surface area contributed by atoms with Crippen molar-refractivity contribution in [1.82, 2.24) is 0 Å². The maximum Gasteiger partial charge on any atom is 0.0546 e. The van der Waals surface area contributed by atoms with Crippen molar-refractivity contribution in [2.75, 3.05) is 4.90 Å². The van der Waals surface area contributed by atoms with Gasteiger partial charge >= 0.3 is 0 Å². The Kier molecular flexibility index (Phi) is 8.56. The third-order valence-corrected chi connectivity index (χ3v) is 11.8. The second-order valence-electron chi connectivity index (χ2n) is 15.2. The molecule has 0 heterocycles. The standard InChI is InChI=1S/C58H39N/c1-4-18-40(19-5-1)44-34-37-48(41-20-6-2-7-21-41)55(38-44)59(56-39-45-24-10-11-25-47(45)49-26-12-15-29-52(49)56)46-35-32-43(33-36-46)58-54-31-17-14-28-51(54)50-27-13-16-30-53(50)57(58)42-22-8-3-9-23-42/h1-39H. The molecule has 276 valence electrons. The maximum absolute atomic E-state index is 2.49. The highest BCUT2D eigenvalue weighted by Gasteiger charge is 2.23. The first kappa shape index (κ1) is 34.5. The van der Waals surface area contributed by atoms with E-state index in [1.165, 1.54) is 87.6 Å². The first-order chi connectivity index (χ1) is 29.3. The van der Waals surface area contributed by atoms with Crippen molar-refractivity contribution < 1.29 is 0 Å². The predicted octanol–water partition coefficient (Wildman–Crippen LogP) is 16.4. The minimum atomic E-state index is 1.09. The molecule has 0 amide bonds. The number of anilines is 3. The van der Waals surface area contributed by atoms with Crippen LogP contribution in [0.1, 0.15) is 0 Å². The lowest BCUT2D eigenvalue weighted by Crippen LogP contribution is -2.12. The summed E-state index contributed by atoms with van der Waals surface area (Å²) in [5.41, 5.74) is 12.9. The molecule has 0 atom stereocenters. The van der Waals surface area contributed by atoms with Crippen LogP contribution in [0.2, 0.25) is 0 Å². The quantitative estimate of drug-likeness (QED) is 0.147. The van der Waals surface area contributed by atoms with Gasteiger partial charge in [0.2, 0.25) is 0 Å². The highest BCUT2D eigenvalue weighted by Crippen LogP contribution is 2.49. The summed E-state index contributed by atoms with van der Waals surface area (Å²) in [6, 6.07) is 86.3. The molecule has 0 aliphatic heterocycles. The zero-order chi connectivity index (χ0) is 39.1. The molecule has 0 bridgehead atoms. The van der Waals surface area contributed by atoms with E-state index < -0.39 is 0 Å². The highest BCUT2D eigenvalue weighted by molar-refractivity contribution is 6.22. The zero-order valence-corrected chi connectivity index (χ0v) is 32.5. The summed E-state index contributed by atoms with van der Waals surface area (Å²) in [4.78, 5) is 2.49. The summed E-state index contributed by atoms with van der Waals surface area (Å²) < 4.78 is 0. The molecular weight excluding hydrogens is 711 g/mol. The molecule has 0 unspecified atom stereocenters. The van der Waals surface area contributed by atoms with Crippen LogP contribution in [0, 0.1) is 0 Å². The number of rotatable bonds is 7. The van der Waals surface area contributed by atoms with E-state index in [4.69, 9.17) is 0 Å². The van der Waals surface area contributed by atoms with Gasteiger partial charge in [-0.15, -0.1) is 0 Å². The molecule has 0 saturated heterocycles. The van der Waals surface area contributed by atoms with Gasteiger partial charge < -0.3 is 4.90 Å². The molecule has 0 aromatic heterocycles. The third kappa shape index (κ3) is 6.04. The van der Waals surface area contributed by atoms with Crippen LogP contribution in [0.3, 0.4) is 0 Å². The topological polar surface area (TPSA) is 3.24 Å². The van der Waals surface area contributed by atoms with Crippen molar-refractivity contribution in [1.29, 1.82) is 0 Å². The molecule has 59 heavy (non-hydrogen) atoms. The van der Waals surface area contributed by atoms with Gasteiger partial charge in [-0.2, -0.15) is 0 Å². The Hall–Kier alpha value is -7.74. The fraction of sp³-hybridized carbons (Fsp3) is 0. The lowest BCUT2D eigenvalue weighted by molar-refractivity contribution is 1.30. The Morgan fingerprint density at radius 2 is 0.661 bits per heavy atom. The van der Waals surface area contributed by atoms with Crippen LogP contribution < -0.4 is 4.90 Å². The van der Waals surface area contributed by atoms with Gasteiger partial charge in [0.05, 0.1) is 11.4 Å². The van der Waals surface area contributed by atoms with Crippen molar-refractivity contribution in [3.63, 3.8) is 0 Å². The molecule has 1 nitrogen and oxygen atoms in total. The average molecular weight is 750 g/mol. The van der Waals surface area contributed by atoms with Crippen LogP contribution in [0.15, 0.2) is 237 Å². The van der Waals surface area contributed by atoms with E-state index in [0.717, 1.165) is 17.1 Å². The lowest BCUT2D eigenvalue weighted by atomic mass is 9.85. The fourth-order valence-corrected chi connectivity index (χ4v) is 9.14. The van der Waals surface area contributed by atoms with E-state index in [9.17, 15) is 0 Å². The van der Waals surface area contributed by atoms with Gasteiger partial charge in [-0.3, -0.25) is 0 Å². The fourth-order valence-electron chi connectivity index (χ4n) is 9.14. The Labute approximate surface area is 344 Å². The largest absolute Gasteiger partial charge is 0.309 e. The summed E-state index contributed by atoms with van der Waals surface area (Å²) in [5, 5.41) is 9.92. The second kappa shape index (κ2) is 14.6. The van der Waals surface area contributed by atoms with E-state index in [-0.39, 0.29) is 0 Å². The van der Waals surface area contributed by atoms with Crippen molar-refractivity contribution in [2.24, 2.45) is 0 Å². The van der Waals surface area contributed by atoms with Crippen molar-refractivity contribution in [2.45, 2.75) is 0 Å². The van der Waals surface area contributed by atoms with Gasteiger partial charge in [0.1, 0.15) is 0 Å². The van der Waals surface area contributed by atoms with Crippen LogP contribution in [0.25, 0.3) is 87.6 Å². The van der Waals surface area contributed by atoms with Crippen molar-refractivity contribution >= 4 is 60.2 Å². The van der Waals surface area contributed by atoms with E-state index in [0.29, 0.717) is 0 Å². The van der Waals surface area contributed by atoms with Gasteiger partial charge in [0, 0.05) is 16.6 Å². The van der Waals surface area contributed by atoms with Crippen LogP contribution in [0.4, 0.5) is 17.1 Å². The first-order valence-electron chi connectivity index (χ1n) is 20.3. The van der Waals surface area contributed by atoms with Crippen LogP contribution in [0.5, 0.6) is 0 Å². The molecule has 1 heteroatoms. The zero-order valence-electron chi connectivity index (χ0n) is 32.5. The number of nitrogens with zero attached hydrogens (tertiary/aromatic N) is 1. The lowest BCUT2D eigenvalue weighted by Gasteiger charge is -2.30. The number of benzene rings is 11. The van der Waals surface area contributed by atoms with E-state index in [1.807, 2.05) is 0 Å². The summed E-state index contributed by atoms with van der Waals surface area (Å²) in [6.45, 7) is 0. The first-order valence-corrected chi connectivity index (χ1v) is 20.3. The number of hydrogen-bond donors (Lipinski definition) is 0. The Bertz CT molecular complexity index is 3300. The minimum Gasteiger partial charge on any atom is -0.309 e. The molecule has 11 aromatic rings. The summed E-state index contributed by atoms with van der Waals surface area (Å²) >= 11 is 0. The van der Waals surface area contributed by atoms with E-state index in [1.54, 1.807) is 0 Å². The summed E-state index contributed by atoms with van der Waals surface area (Å²) in [7, 11) is 0. The molecule has 0 N–H and O–H groups in total. The summed E-state index contributed by atoms with van der Waals surface area (Å²) in [5.74, 6) is 0. The van der Waals surface area contributed by atoms with Crippen LogP contribution >= 0.6 is 0 Å². The average Bonchev–Trinajstić information content (AvgIpc) is 3.32. The molecule has 0 aliphatic rings. The SMILES string of the molecule is c1ccc(-c2ccc(-c3ccccc3)c(N(c3ccc(-c4c(-c5ccccc5)c5ccccc5c5ccccc45)cc3)c3cc4ccccc4c4ccccc34)c2)cc1. The molecule has 0 spiro atoms. The van der Waals surface area contributed by atoms with Gasteiger partial charge in [-0.05, 0) is 101 Å². The monoisotopic (exact) mass is 749 g/mol. The normalized spacial score (nSPS) is 11.4. The number of fused-ring (bicyclic) bond motifs is 6. The smallest absolute Gasteiger partial charge is 0.0546 e. The molecule has 0 fully saturated rings. The molecule has 0 radical (unpaired) electrons. The molecule has 0 aliphatic carbocycles. The van der Waals surface area contributed by atoms with Gasteiger partial charge in [-0.25, -0.2) is 0 Å². The van der Waals surface area contributed by atoms with Crippen LogP contribution in [-0.4, -0.2) is 0 Å². The van der Waals surface area contributed by atoms with Crippen LogP contribution in [-0.2, 0) is 0 Å². The molecule has 11 aromatic carbocycles. The molecule has 11 rings (SSSR count). The molecular formula is C58H39N. The van der Waals surface area contributed by atoms with Gasteiger partial charge in [0.15, 0.2) is 0 Å². The molecule has 0 saturated carbocycles. The summed E-state index contributed by atoms with van der Waals surface area (Å²) in [6.07, 6.45) is 0. The Balaban J connectivity index is 1.20. The number of hydrogen-bond acceptors (Lipinski definition) is 1. The van der Waals surface area contributed by atoms with Crippen molar-refractivity contribution in [3.05, 3.63) is 237 Å². The van der Waals surface area contributed by atoms with E-state index >= 15 is 0 Å². The minimum absolute atomic E-state index is 1.09. The maximum atomic E-state index is 2.49.